The topological polar surface area (TPSA) is 143 Å². The van der Waals surface area contributed by atoms with Crippen molar-refractivity contribution in [3.8, 4) is 0 Å². The SMILES string of the molecule is CC(=O)OC[C@H]1O[C@@H](n2cc(/C=C/Br)c(=O)[nH]c2=O)[C@@H](OC(C)=O)[C@@H]1OC(C)=O. The molecule has 4 atom stereocenters. The molecule has 0 spiro atoms. The second-order valence-electron chi connectivity index (χ2n) is 6.06. The van der Waals surface area contributed by atoms with Crippen LogP contribution in [-0.2, 0) is 33.3 Å². The normalized spacial score (nSPS) is 23.7. The van der Waals surface area contributed by atoms with Gasteiger partial charge >= 0.3 is 23.6 Å². The third kappa shape index (κ3) is 5.64. The van der Waals surface area contributed by atoms with E-state index in [0.717, 1.165) is 18.4 Å². The summed E-state index contributed by atoms with van der Waals surface area (Å²) in [4.78, 5) is 62.2. The van der Waals surface area contributed by atoms with Gasteiger partial charge in [-0.2, -0.15) is 0 Å². The molecule has 0 radical (unpaired) electrons. The number of esters is 3. The second kappa shape index (κ2) is 9.65. The van der Waals surface area contributed by atoms with Gasteiger partial charge in [-0.05, 0) is 11.1 Å². The smallest absolute Gasteiger partial charge is 0.330 e. The summed E-state index contributed by atoms with van der Waals surface area (Å²) < 4.78 is 22.2. The molecule has 0 aliphatic carbocycles. The Balaban J connectivity index is 2.52. The lowest BCUT2D eigenvalue weighted by Gasteiger charge is -2.24. The number of H-pyrrole nitrogens is 1. The van der Waals surface area contributed by atoms with Crippen molar-refractivity contribution in [2.45, 2.75) is 45.3 Å². The Kier molecular flexibility index (Phi) is 7.51. The fourth-order valence-electron chi connectivity index (χ4n) is 2.79. The number of halogens is 1. The van der Waals surface area contributed by atoms with E-state index in [0.29, 0.717) is 0 Å². The summed E-state index contributed by atoms with van der Waals surface area (Å²) in [5.74, 6) is -2.01. The number of ether oxygens (including phenoxy) is 4. The average Bonchev–Trinajstić information content (AvgIpc) is 2.92. The zero-order chi connectivity index (χ0) is 21.7. The molecule has 1 aliphatic rings. The zero-order valence-electron chi connectivity index (χ0n) is 15.7. The number of nitrogens with one attached hydrogen (secondary N) is 1. The van der Waals surface area contributed by atoms with Crippen LogP contribution < -0.4 is 11.2 Å². The van der Waals surface area contributed by atoms with E-state index in [4.69, 9.17) is 18.9 Å². The summed E-state index contributed by atoms with van der Waals surface area (Å²) in [5, 5.41) is 0. The molecule has 1 N–H and O–H groups in total. The largest absolute Gasteiger partial charge is 0.463 e. The third-order valence-electron chi connectivity index (χ3n) is 3.85. The number of hydrogen-bond acceptors (Lipinski definition) is 9. The van der Waals surface area contributed by atoms with Gasteiger partial charge in [-0.1, -0.05) is 15.9 Å². The molecule has 0 aromatic carbocycles. The molecule has 1 saturated heterocycles. The summed E-state index contributed by atoms with van der Waals surface area (Å²) in [6.45, 7) is 3.15. The highest BCUT2D eigenvalue weighted by atomic mass is 79.9. The molecule has 2 rings (SSSR count). The molecule has 1 aromatic rings. The number of aromatic amines is 1. The molecule has 1 fully saturated rings. The number of nitrogens with zero attached hydrogens (tertiary/aromatic N) is 1. The summed E-state index contributed by atoms with van der Waals surface area (Å²) >= 11 is 3.04. The summed E-state index contributed by atoms with van der Waals surface area (Å²) in [7, 11) is 0. The van der Waals surface area contributed by atoms with Crippen molar-refractivity contribution >= 4 is 39.9 Å². The lowest BCUT2D eigenvalue weighted by molar-refractivity contribution is -0.166. The number of aromatic nitrogens is 2. The van der Waals surface area contributed by atoms with Gasteiger partial charge in [0.2, 0.25) is 0 Å². The van der Waals surface area contributed by atoms with Crippen LogP contribution in [0.5, 0.6) is 0 Å². The van der Waals surface area contributed by atoms with Crippen molar-refractivity contribution < 1.29 is 33.3 Å². The van der Waals surface area contributed by atoms with Gasteiger partial charge in [0.25, 0.3) is 5.56 Å². The standard InChI is InChI=1S/C17H19BrN2O9/c1-8(21)26-7-12-13(27-9(2)22)14(28-10(3)23)16(29-12)20-6-11(4-5-18)15(24)19-17(20)25/h4-6,12-14,16H,7H2,1-3H3,(H,19,24,25)/b5-4+/t12-,13-,14+,16-/m1/s1. The maximum atomic E-state index is 12.4. The lowest BCUT2D eigenvalue weighted by atomic mass is 10.1. The fraction of sp³-hybridized carbons (Fsp3) is 0.471. The van der Waals surface area contributed by atoms with Crippen LogP contribution >= 0.6 is 15.9 Å². The molecule has 0 saturated carbocycles. The monoisotopic (exact) mass is 474 g/mol. The van der Waals surface area contributed by atoms with Gasteiger partial charge in [0.15, 0.2) is 18.4 Å². The van der Waals surface area contributed by atoms with Crippen LogP contribution in [0.25, 0.3) is 6.08 Å². The van der Waals surface area contributed by atoms with Gasteiger partial charge in [0, 0.05) is 27.0 Å². The maximum Gasteiger partial charge on any atom is 0.330 e. The van der Waals surface area contributed by atoms with E-state index in [-0.39, 0.29) is 12.2 Å². The van der Waals surface area contributed by atoms with Crippen LogP contribution in [0.2, 0.25) is 0 Å². The summed E-state index contributed by atoms with van der Waals surface area (Å²) in [6, 6.07) is 0. The molecule has 0 bridgehead atoms. The first-order chi connectivity index (χ1) is 13.6. The van der Waals surface area contributed by atoms with Crippen LogP contribution in [-0.4, -0.2) is 52.4 Å². The minimum atomic E-state index is -1.25. The highest BCUT2D eigenvalue weighted by Gasteiger charge is 2.51. The van der Waals surface area contributed by atoms with Crippen LogP contribution in [0.15, 0.2) is 20.8 Å². The first-order valence-corrected chi connectivity index (χ1v) is 9.31. The molecule has 1 aromatic heterocycles. The van der Waals surface area contributed by atoms with Crippen LogP contribution in [0.4, 0.5) is 0 Å². The Morgan fingerprint density at radius 3 is 2.31 bits per heavy atom. The van der Waals surface area contributed by atoms with E-state index in [1.54, 1.807) is 0 Å². The van der Waals surface area contributed by atoms with E-state index in [1.165, 1.54) is 24.2 Å². The minimum absolute atomic E-state index is 0.110. The van der Waals surface area contributed by atoms with Crippen molar-refractivity contribution in [3.63, 3.8) is 0 Å². The highest BCUT2D eigenvalue weighted by molar-refractivity contribution is 9.11. The first kappa shape index (κ1) is 22.6. The Labute approximate surface area is 172 Å². The van der Waals surface area contributed by atoms with Gasteiger partial charge in [0.05, 0.1) is 5.56 Å². The van der Waals surface area contributed by atoms with Crippen LogP contribution in [0.3, 0.4) is 0 Å². The van der Waals surface area contributed by atoms with Gasteiger partial charge in [0.1, 0.15) is 12.7 Å². The Bertz CT molecular complexity index is 936. The molecule has 12 heteroatoms. The summed E-state index contributed by atoms with van der Waals surface area (Å²) in [5.41, 5.74) is -1.37. The average molecular weight is 475 g/mol. The van der Waals surface area contributed by atoms with Gasteiger partial charge < -0.3 is 18.9 Å². The molecule has 1 aliphatic heterocycles. The molecule has 2 heterocycles. The molecular formula is C17H19BrN2O9. The highest BCUT2D eigenvalue weighted by Crippen LogP contribution is 2.33. The van der Waals surface area contributed by atoms with E-state index in [9.17, 15) is 24.0 Å². The Morgan fingerprint density at radius 2 is 1.76 bits per heavy atom. The first-order valence-electron chi connectivity index (χ1n) is 8.39. The predicted octanol–water partition coefficient (Wildman–Crippen LogP) is 0.226. The van der Waals surface area contributed by atoms with E-state index < -0.39 is 53.7 Å². The number of carbonyl (C=O) groups is 3. The molecule has 11 nitrogen and oxygen atoms in total. The van der Waals surface area contributed by atoms with Crippen molar-refractivity contribution in [2.75, 3.05) is 6.61 Å². The van der Waals surface area contributed by atoms with Crippen molar-refractivity contribution in [2.24, 2.45) is 0 Å². The number of rotatable bonds is 6. The molecular weight excluding hydrogens is 456 g/mol. The zero-order valence-corrected chi connectivity index (χ0v) is 17.3. The van der Waals surface area contributed by atoms with E-state index in [2.05, 4.69) is 20.9 Å². The van der Waals surface area contributed by atoms with Crippen LogP contribution in [0.1, 0.15) is 32.6 Å². The van der Waals surface area contributed by atoms with E-state index in [1.807, 2.05) is 0 Å². The lowest BCUT2D eigenvalue weighted by Crippen LogP contribution is -2.42. The van der Waals surface area contributed by atoms with Gasteiger partial charge in [-0.3, -0.25) is 28.7 Å². The Morgan fingerprint density at radius 1 is 1.14 bits per heavy atom. The molecule has 0 amide bonds. The second-order valence-corrected chi connectivity index (χ2v) is 6.59. The van der Waals surface area contributed by atoms with Gasteiger partial charge in [-0.25, -0.2) is 4.79 Å². The van der Waals surface area contributed by atoms with Crippen molar-refractivity contribution in [1.82, 2.24) is 9.55 Å². The molecule has 158 valence electrons. The van der Waals surface area contributed by atoms with Crippen LogP contribution in [0, 0.1) is 0 Å². The van der Waals surface area contributed by atoms with Crippen molar-refractivity contribution in [3.05, 3.63) is 37.6 Å². The number of hydrogen-bond donors (Lipinski definition) is 1. The number of carbonyl (C=O) groups excluding carboxylic acids is 3. The third-order valence-corrected chi connectivity index (χ3v) is 4.12. The predicted molar refractivity (Wildman–Crippen MR) is 101 cm³/mol. The Hall–Kier alpha value is -2.73. The quantitative estimate of drug-likeness (QED) is 0.452. The fourth-order valence-corrected chi connectivity index (χ4v) is 3.08. The van der Waals surface area contributed by atoms with Crippen molar-refractivity contribution in [1.29, 1.82) is 0 Å². The maximum absolute atomic E-state index is 12.4. The van der Waals surface area contributed by atoms with E-state index >= 15 is 0 Å². The molecule has 29 heavy (non-hydrogen) atoms. The minimum Gasteiger partial charge on any atom is -0.463 e. The molecule has 0 unspecified atom stereocenters. The summed E-state index contributed by atoms with van der Waals surface area (Å²) in [6.07, 6.45) is -2.07. The van der Waals surface area contributed by atoms with Gasteiger partial charge in [-0.15, -0.1) is 0 Å².